The summed E-state index contributed by atoms with van der Waals surface area (Å²) in [6.45, 7) is 0. The molecule has 2 unspecified atom stereocenters. The molecule has 0 radical (unpaired) electrons. The topological polar surface area (TPSA) is 50.2 Å². The van der Waals surface area contributed by atoms with E-state index >= 15 is 0 Å². The van der Waals surface area contributed by atoms with Gasteiger partial charge in [0.15, 0.2) is 0 Å². The van der Waals surface area contributed by atoms with E-state index in [9.17, 15) is 4.79 Å². The van der Waals surface area contributed by atoms with E-state index in [2.05, 4.69) is 16.4 Å². The summed E-state index contributed by atoms with van der Waals surface area (Å²) in [5.74, 6) is -0.496. The molecule has 0 spiro atoms. The quantitative estimate of drug-likeness (QED) is 0.924. The molecule has 0 aromatic carbocycles. The monoisotopic (exact) mass is 265 g/mol. The molecule has 5 heteroatoms. The Kier molecular flexibility index (Phi) is 2.72. The van der Waals surface area contributed by atoms with E-state index in [-0.39, 0.29) is 5.92 Å². The van der Waals surface area contributed by atoms with Crippen LogP contribution < -0.4 is 0 Å². The van der Waals surface area contributed by atoms with Crippen LogP contribution in [0.15, 0.2) is 22.9 Å². The number of carboxylic acid groups (broad SMARTS) is 1. The highest BCUT2D eigenvalue weighted by Gasteiger charge is 2.43. The molecule has 1 aliphatic rings. The summed E-state index contributed by atoms with van der Waals surface area (Å²) in [6.07, 6.45) is 1.62. The average Bonchev–Trinajstić information content (AvgIpc) is 2.74. The molecular weight excluding hydrogens is 254 g/mol. The number of hydrogen-bond donors (Lipinski definition) is 1. The molecule has 1 N–H and O–H groups in total. The maximum Gasteiger partial charge on any atom is 0.306 e. The van der Waals surface area contributed by atoms with Crippen LogP contribution in [0.1, 0.15) is 11.4 Å². The number of carbonyl (C=O) groups is 1. The summed E-state index contributed by atoms with van der Waals surface area (Å²) in [7, 11) is 0. The van der Waals surface area contributed by atoms with Crippen molar-refractivity contribution in [3.05, 3.63) is 27.9 Å². The molecule has 2 atom stereocenters. The SMILES string of the molecule is O=C(O)C1CC1Cc1nc(-c2cccs2)cs1. The predicted molar refractivity (Wildman–Crippen MR) is 68.4 cm³/mol. The zero-order valence-corrected chi connectivity index (χ0v) is 10.6. The third-order valence-electron chi connectivity index (χ3n) is 3.00. The molecule has 1 fully saturated rings. The average molecular weight is 265 g/mol. The van der Waals surface area contributed by atoms with Gasteiger partial charge in [0.1, 0.15) is 0 Å². The van der Waals surface area contributed by atoms with Crippen molar-refractivity contribution in [3.8, 4) is 10.6 Å². The van der Waals surface area contributed by atoms with Gasteiger partial charge in [-0.1, -0.05) is 6.07 Å². The van der Waals surface area contributed by atoms with Crippen LogP contribution in [-0.2, 0) is 11.2 Å². The summed E-state index contributed by atoms with van der Waals surface area (Å²) < 4.78 is 0. The second kappa shape index (κ2) is 4.23. The van der Waals surface area contributed by atoms with E-state index in [0.29, 0.717) is 5.92 Å². The van der Waals surface area contributed by atoms with E-state index < -0.39 is 5.97 Å². The van der Waals surface area contributed by atoms with Gasteiger partial charge in [0.2, 0.25) is 0 Å². The summed E-state index contributed by atoms with van der Waals surface area (Å²) in [5, 5.41) is 14.0. The Morgan fingerprint density at radius 3 is 3.06 bits per heavy atom. The normalized spacial score (nSPS) is 22.6. The Hall–Kier alpha value is -1.20. The van der Waals surface area contributed by atoms with Crippen molar-refractivity contribution < 1.29 is 9.90 Å². The zero-order valence-electron chi connectivity index (χ0n) is 9.00. The fourth-order valence-corrected chi connectivity index (χ4v) is 3.59. The van der Waals surface area contributed by atoms with Crippen LogP contribution >= 0.6 is 22.7 Å². The lowest BCUT2D eigenvalue weighted by Crippen LogP contribution is -2.00. The molecule has 0 bridgehead atoms. The van der Waals surface area contributed by atoms with Crippen molar-refractivity contribution >= 4 is 28.6 Å². The van der Waals surface area contributed by atoms with Gasteiger partial charge < -0.3 is 5.11 Å². The molecular formula is C12H11NO2S2. The van der Waals surface area contributed by atoms with Crippen molar-refractivity contribution in [2.75, 3.05) is 0 Å². The van der Waals surface area contributed by atoms with Crippen LogP contribution in [0.5, 0.6) is 0 Å². The minimum Gasteiger partial charge on any atom is -0.481 e. The van der Waals surface area contributed by atoms with Gasteiger partial charge in [-0.25, -0.2) is 4.98 Å². The van der Waals surface area contributed by atoms with Crippen LogP contribution in [0.4, 0.5) is 0 Å². The number of aliphatic carboxylic acids is 1. The van der Waals surface area contributed by atoms with Crippen molar-refractivity contribution in [2.45, 2.75) is 12.8 Å². The molecule has 0 amide bonds. The summed E-state index contributed by atoms with van der Waals surface area (Å²) in [4.78, 5) is 16.5. The van der Waals surface area contributed by atoms with Crippen molar-refractivity contribution in [2.24, 2.45) is 11.8 Å². The van der Waals surface area contributed by atoms with Gasteiger partial charge in [-0.05, 0) is 23.8 Å². The van der Waals surface area contributed by atoms with E-state index in [0.717, 1.165) is 23.5 Å². The fourth-order valence-electron chi connectivity index (χ4n) is 1.94. The molecule has 2 aromatic rings. The van der Waals surface area contributed by atoms with Gasteiger partial charge in [0.25, 0.3) is 0 Å². The third kappa shape index (κ3) is 2.25. The molecule has 1 aliphatic carbocycles. The van der Waals surface area contributed by atoms with Crippen molar-refractivity contribution in [1.82, 2.24) is 4.98 Å². The maximum atomic E-state index is 10.7. The van der Waals surface area contributed by atoms with Gasteiger partial charge in [-0.15, -0.1) is 22.7 Å². The van der Waals surface area contributed by atoms with Crippen molar-refractivity contribution in [1.29, 1.82) is 0 Å². The number of nitrogens with zero attached hydrogens (tertiary/aromatic N) is 1. The zero-order chi connectivity index (χ0) is 11.8. The molecule has 2 aromatic heterocycles. The minimum atomic E-state index is -0.662. The van der Waals surface area contributed by atoms with E-state index in [4.69, 9.17) is 5.11 Å². The van der Waals surface area contributed by atoms with Gasteiger partial charge in [-0.3, -0.25) is 4.79 Å². The van der Waals surface area contributed by atoms with Crippen LogP contribution in [0.3, 0.4) is 0 Å². The van der Waals surface area contributed by atoms with Gasteiger partial charge in [0, 0.05) is 11.8 Å². The van der Waals surface area contributed by atoms with Crippen LogP contribution in [-0.4, -0.2) is 16.1 Å². The second-order valence-corrected chi connectivity index (χ2v) is 6.14. The molecule has 2 heterocycles. The first kappa shape index (κ1) is 10.9. The number of thiazole rings is 1. The lowest BCUT2D eigenvalue weighted by molar-refractivity contribution is -0.138. The smallest absolute Gasteiger partial charge is 0.306 e. The molecule has 1 saturated carbocycles. The summed E-state index contributed by atoms with van der Waals surface area (Å²) in [5.41, 5.74) is 1.02. The largest absolute Gasteiger partial charge is 0.481 e. The van der Waals surface area contributed by atoms with Crippen molar-refractivity contribution in [3.63, 3.8) is 0 Å². The highest BCUT2D eigenvalue weighted by Crippen LogP contribution is 2.42. The number of carboxylic acids is 1. The number of aromatic nitrogens is 1. The Morgan fingerprint density at radius 2 is 2.41 bits per heavy atom. The first-order valence-corrected chi connectivity index (χ1v) is 7.21. The Bertz CT molecular complexity index is 532. The third-order valence-corrected chi connectivity index (χ3v) is 4.77. The number of hydrogen-bond acceptors (Lipinski definition) is 4. The molecule has 3 rings (SSSR count). The summed E-state index contributed by atoms with van der Waals surface area (Å²) >= 11 is 3.31. The highest BCUT2D eigenvalue weighted by atomic mass is 32.1. The number of rotatable bonds is 4. The maximum absolute atomic E-state index is 10.7. The van der Waals surface area contributed by atoms with E-state index in [1.165, 1.54) is 4.88 Å². The minimum absolute atomic E-state index is 0.135. The molecule has 88 valence electrons. The van der Waals surface area contributed by atoms with E-state index in [1.807, 2.05) is 11.4 Å². The van der Waals surface area contributed by atoms with Gasteiger partial charge in [-0.2, -0.15) is 0 Å². The molecule has 17 heavy (non-hydrogen) atoms. The second-order valence-electron chi connectivity index (χ2n) is 4.25. The van der Waals surface area contributed by atoms with Gasteiger partial charge in [0.05, 0.1) is 21.5 Å². The number of thiophene rings is 1. The predicted octanol–water partition coefficient (Wildman–Crippen LogP) is 3.13. The molecule has 0 saturated heterocycles. The lowest BCUT2D eigenvalue weighted by atomic mass is 10.2. The Labute approximate surface area is 107 Å². The lowest BCUT2D eigenvalue weighted by Gasteiger charge is -1.92. The standard InChI is InChI=1S/C12H11NO2S2/c14-12(15)8-4-7(8)5-11-13-9(6-17-11)10-2-1-3-16-10/h1-3,6-8H,4-5H2,(H,14,15). The van der Waals surface area contributed by atoms with E-state index in [1.54, 1.807) is 22.7 Å². The summed E-state index contributed by atoms with van der Waals surface area (Å²) in [6, 6.07) is 4.07. The first-order valence-electron chi connectivity index (χ1n) is 5.45. The Balaban J connectivity index is 1.68. The van der Waals surface area contributed by atoms with Crippen LogP contribution in [0.25, 0.3) is 10.6 Å². The first-order chi connectivity index (χ1) is 8.24. The molecule has 0 aliphatic heterocycles. The highest BCUT2D eigenvalue weighted by molar-refractivity contribution is 7.14. The Morgan fingerprint density at radius 1 is 1.53 bits per heavy atom. The molecule has 3 nitrogen and oxygen atoms in total. The fraction of sp³-hybridized carbons (Fsp3) is 0.333. The van der Waals surface area contributed by atoms with Crippen LogP contribution in [0.2, 0.25) is 0 Å². The van der Waals surface area contributed by atoms with Gasteiger partial charge >= 0.3 is 5.97 Å². The van der Waals surface area contributed by atoms with Crippen LogP contribution in [0, 0.1) is 11.8 Å².